The summed E-state index contributed by atoms with van der Waals surface area (Å²) in [6.07, 6.45) is 6.30. The van der Waals surface area contributed by atoms with E-state index >= 15 is 0 Å². The molecule has 0 radical (unpaired) electrons. The molecule has 0 aromatic carbocycles. The molecular formula is C15H22N2O3. The van der Waals surface area contributed by atoms with Crippen LogP contribution in [0.15, 0.2) is 18.3 Å². The Morgan fingerprint density at radius 3 is 2.95 bits per heavy atom. The molecule has 0 amide bonds. The third kappa shape index (κ3) is 3.93. The number of anilines is 1. The molecule has 2 unspecified atom stereocenters. The Hall–Kier alpha value is -1.62. The molecule has 20 heavy (non-hydrogen) atoms. The summed E-state index contributed by atoms with van der Waals surface area (Å²) in [6, 6.07) is 3.95. The molecule has 1 aromatic rings. The number of hydrogen-bond donors (Lipinski definition) is 1. The molecule has 1 aromatic heterocycles. The third-order valence-corrected chi connectivity index (χ3v) is 3.59. The van der Waals surface area contributed by atoms with Crippen LogP contribution in [0.4, 0.5) is 5.82 Å². The van der Waals surface area contributed by atoms with Crippen molar-refractivity contribution in [1.29, 1.82) is 0 Å². The van der Waals surface area contributed by atoms with Crippen molar-refractivity contribution >= 4 is 11.8 Å². The van der Waals surface area contributed by atoms with Crippen LogP contribution in [0.1, 0.15) is 43.0 Å². The average Bonchev–Trinajstić information content (AvgIpc) is 2.48. The maximum atomic E-state index is 11.5. The maximum absolute atomic E-state index is 11.5. The second-order valence-electron chi connectivity index (χ2n) is 5.02. The van der Waals surface area contributed by atoms with Gasteiger partial charge in [0.25, 0.3) is 0 Å². The molecule has 5 nitrogen and oxygen atoms in total. The zero-order chi connectivity index (χ0) is 14.4. The van der Waals surface area contributed by atoms with Crippen molar-refractivity contribution in [3.05, 3.63) is 23.9 Å². The van der Waals surface area contributed by atoms with Crippen molar-refractivity contribution in [2.75, 3.05) is 19.0 Å². The number of rotatable bonds is 5. The number of esters is 1. The zero-order valence-electron chi connectivity index (χ0n) is 12.1. The smallest absolute Gasteiger partial charge is 0.339 e. The van der Waals surface area contributed by atoms with Crippen LogP contribution in [0.5, 0.6) is 0 Å². The Balaban J connectivity index is 1.91. The van der Waals surface area contributed by atoms with Crippen LogP contribution < -0.4 is 5.32 Å². The Morgan fingerprint density at radius 1 is 1.45 bits per heavy atom. The van der Waals surface area contributed by atoms with Crippen molar-refractivity contribution in [2.24, 2.45) is 0 Å². The summed E-state index contributed by atoms with van der Waals surface area (Å²) in [7, 11) is 1.76. The molecule has 1 fully saturated rings. The van der Waals surface area contributed by atoms with Gasteiger partial charge in [0.1, 0.15) is 5.82 Å². The lowest BCUT2D eigenvalue weighted by atomic mass is 9.93. The standard InChI is InChI=1S/C15H22N2O3/c1-3-20-15(18)11-7-8-14(16-10-11)17-12-5-4-6-13(9-12)19-2/h7-8,10,12-13H,3-6,9H2,1-2H3,(H,16,17). The van der Waals surface area contributed by atoms with Gasteiger partial charge in [-0.25, -0.2) is 9.78 Å². The minimum Gasteiger partial charge on any atom is -0.462 e. The lowest BCUT2D eigenvalue weighted by Gasteiger charge is -2.29. The van der Waals surface area contributed by atoms with Crippen molar-refractivity contribution in [2.45, 2.75) is 44.8 Å². The first kappa shape index (κ1) is 14.8. The second kappa shape index (κ2) is 7.24. The fraction of sp³-hybridized carbons (Fsp3) is 0.600. The number of methoxy groups -OCH3 is 1. The van der Waals surface area contributed by atoms with Gasteiger partial charge in [0.2, 0.25) is 0 Å². The van der Waals surface area contributed by atoms with E-state index in [1.54, 1.807) is 26.3 Å². The molecule has 110 valence electrons. The van der Waals surface area contributed by atoms with Gasteiger partial charge in [0, 0.05) is 19.3 Å². The fourth-order valence-corrected chi connectivity index (χ4v) is 2.51. The van der Waals surface area contributed by atoms with Crippen LogP contribution in [-0.2, 0) is 9.47 Å². The summed E-state index contributed by atoms with van der Waals surface area (Å²) in [5, 5.41) is 3.40. The van der Waals surface area contributed by atoms with Crippen molar-refractivity contribution in [3.63, 3.8) is 0 Å². The van der Waals surface area contributed by atoms with E-state index in [2.05, 4.69) is 10.3 Å². The highest BCUT2D eigenvalue weighted by Gasteiger charge is 2.21. The lowest BCUT2D eigenvalue weighted by molar-refractivity contribution is 0.0526. The van der Waals surface area contributed by atoms with E-state index in [0.717, 1.165) is 31.5 Å². The molecule has 0 spiro atoms. The molecule has 2 atom stereocenters. The minimum atomic E-state index is -0.330. The van der Waals surface area contributed by atoms with Crippen molar-refractivity contribution in [3.8, 4) is 0 Å². The maximum Gasteiger partial charge on any atom is 0.339 e. The number of hydrogen-bond acceptors (Lipinski definition) is 5. The Morgan fingerprint density at radius 2 is 2.30 bits per heavy atom. The summed E-state index contributed by atoms with van der Waals surface area (Å²) in [5.41, 5.74) is 0.482. The number of aromatic nitrogens is 1. The molecule has 1 heterocycles. The van der Waals surface area contributed by atoms with E-state index in [1.165, 1.54) is 0 Å². The number of carbonyl (C=O) groups is 1. The molecular weight excluding hydrogens is 256 g/mol. The first-order valence-corrected chi connectivity index (χ1v) is 7.15. The second-order valence-corrected chi connectivity index (χ2v) is 5.02. The number of nitrogens with zero attached hydrogens (tertiary/aromatic N) is 1. The van der Waals surface area contributed by atoms with Crippen LogP contribution in [0, 0.1) is 0 Å². The van der Waals surface area contributed by atoms with E-state index in [0.29, 0.717) is 24.3 Å². The van der Waals surface area contributed by atoms with Gasteiger partial charge in [-0.2, -0.15) is 0 Å². The van der Waals surface area contributed by atoms with Gasteiger partial charge in [0.05, 0.1) is 18.3 Å². The molecule has 2 rings (SSSR count). The summed E-state index contributed by atoms with van der Waals surface area (Å²) in [4.78, 5) is 15.8. The molecule has 0 aliphatic heterocycles. The first-order valence-electron chi connectivity index (χ1n) is 7.15. The molecule has 1 saturated carbocycles. The highest BCUT2D eigenvalue weighted by atomic mass is 16.5. The lowest BCUT2D eigenvalue weighted by Crippen LogP contribution is -2.31. The third-order valence-electron chi connectivity index (χ3n) is 3.59. The van der Waals surface area contributed by atoms with Gasteiger partial charge in [-0.1, -0.05) is 0 Å². The predicted octanol–water partition coefficient (Wildman–Crippen LogP) is 2.63. The summed E-state index contributed by atoms with van der Waals surface area (Å²) in [6.45, 7) is 2.16. The van der Waals surface area contributed by atoms with E-state index in [9.17, 15) is 4.79 Å². The average molecular weight is 278 g/mol. The normalized spacial score (nSPS) is 22.3. The predicted molar refractivity (Wildman–Crippen MR) is 76.9 cm³/mol. The molecule has 1 aliphatic carbocycles. The van der Waals surface area contributed by atoms with E-state index in [-0.39, 0.29) is 5.97 Å². The van der Waals surface area contributed by atoms with Gasteiger partial charge in [0.15, 0.2) is 0 Å². The van der Waals surface area contributed by atoms with Crippen LogP contribution in [0.25, 0.3) is 0 Å². The zero-order valence-corrected chi connectivity index (χ0v) is 12.1. The monoisotopic (exact) mass is 278 g/mol. The van der Waals surface area contributed by atoms with Gasteiger partial charge >= 0.3 is 5.97 Å². The van der Waals surface area contributed by atoms with Gasteiger partial charge in [-0.15, -0.1) is 0 Å². The molecule has 1 aliphatic rings. The van der Waals surface area contributed by atoms with Crippen LogP contribution in [-0.4, -0.2) is 36.8 Å². The van der Waals surface area contributed by atoms with Crippen molar-refractivity contribution < 1.29 is 14.3 Å². The van der Waals surface area contributed by atoms with Gasteiger partial charge in [-0.3, -0.25) is 0 Å². The quantitative estimate of drug-likeness (QED) is 0.839. The molecule has 0 bridgehead atoms. The largest absolute Gasteiger partial charge is 0.462 e. The highest BCUT2D eigenvalue weighted by molar-refractivity contribution is 5.89. The molecule has 5 heteroatoms. The summed E-state index contributed by atoms with van der Waals surface area (Å²) < 4.78 is 10.3. The Kier molecular flexibility index (Phi) is 5.35. The fourth-order valence-electron chi connectivity index (χ4n) is 2.51. The highest BCUT2D eigenvalue weighted by Crippen LogP contribution is 2.23. The Bertz CT molecular complexity index is 433. The van der Waals surface area contributed by atoms with Gasteiger partial charge in [-0.05, 0) is 44.7 Å². The summed E-state index contributed by atoms with van der Waals surface area (Å²) >= 11 is 0. The SMILES string of the molecule is CCOC(=O)c1ccc(NC2CCCC(OC)C2)nc1. The topological polar surface area (TPSA) is 60.5 Å². The van der Waals surface area contributed by atoms with Crippen LogP contribution in [0.2, 0.25) is 0 Å². The van der Waals surface area contributed by atoms with Gasteiger partial charge < -0.3 is 14.8 Å². The van der Waals surface area contributed by atoms with E-state index < -0.39 is 0 Å². The molecule has 0 saturated heterocycles. The number of nitrogens with one attached hydrogen (secondary N) is 1. The molecule has 1 N–H and O–H groups in total. The number of pyridine rings is 1. The number of carbonyl (C=O) groups excluding carboxylic acids is 1. The van der Waals surface area contributed by atoms with Crippen molar-refractivity contribution in [1.82, 2.24) is 4.98 Å². The Labute approximate surface area is 119 Å². The van der Waals surface area contributed by atoms with Crippen LogP contribution in [0.3, 0.4) is 0 Å². The minimum absolute atomic E-state index is 0.330. The summed E-state index contributed by atoms with van der Waals surface area (Å²) in [5.74, 6) is 0.462. The van der Waals surface area contributed by atoms with E-state index in [1.807, 2.05) is 6.07 Å². The van der Waals surface area contributed by atoms with E-state index in [4.69, 9.17) is 9.47 Å². The number of ether oxygens (including phenoxy) is 2. The van der Waals surface area contributed by atoms with Crippen LogP contribution >= 0.6 is 0 Å². The first-order chi connectivity index (χ1) is 9.72.